The van der Waals surface area contributed by atoms with Crippen molar-refractivity contribution in [2.45, 2.75) is 46.7 Å². The number of aliphatic imine (C=N–C) groups is 1. The third-order valence-electron chi connectivity index (χ3n) is 4.95. The first-order chi connectivity index (χ1) is 13.5. The van der Waals surface area contributed by atoms with E-state index in [-0.39, 0.29) is 34.6 Å². The summed E-state index contributed by atoms with van der Waals surface area (Å²) in [6.07, 6.45) is 3.64. The molecule has 1 aromatic carbocycles. The van der Waals surface area contributed by atoms with E-state index in [4.69, 9.17) is 0 Å². The molecule has 3 rings (SSSR count). The van der Waals surface area contributed by atoms with Gasteiger partial charge >= 0.3 is 5.97 Å². The van der Waals surface area contributed by atoms with Crippen LogP contribution in [0.4, 0.5) is 14.5 Å². The van der Waals surface area contributed by atoms with Crippen LogP contribution < -0.4 is 10.3 Å². The quantitative estimate of drug-likeness (QED) is 0.788. The topological polar surface area (TPSA) is 74.9 Å². The van der Waals surface area contributed by atoms with E-state index in [1.807, 2.05) is 27.0 Å². The summed E-state index contributed by atoms with van der Waals surface area (Å²) in [6.45, 7) is 8.83. The van der Waals surface area contributed by atoms with Crippen molar-refractivity contribution in [3.63, 3.8) is 0 Å². The number of aromatic carboxylic acids is 1. The number of fused-ring (bicyclic) bond motifs is 1. The van der Waals surface area contributed by atoms with Gasteiger partial charge in [-0.25, -0.2) is 13.6 Å². The highest BCUT2D eigenvalue weighted by Crippen LogP contribution is 2.32. The average Bonchev–Trinajstić information content (AvgIpc) is 3.08. The van der Waals surface area contributed by atoms with Crippen LogP contribution in [0.15, 0.2) is 22.1 Å². The maximum Gasteiger partial charge on any atom is 0.341 e. The molecule has 2 aromatic rings. The van der Waals surface area contributed by atoms with Gasteiger partial charge in [0, 0.05) is 32.0 Å². The van der Waals surface area contributed by atoms with Crippen LogP contribution >= 0.6 is 0 Å². The lowest BCUT2D eigenvalue weighted by Gasteiger charge is -2.22. The summed E-state index contributed by atoms with van der Waals surface area (Å²) < 4.78 is 31.6. The lowest BCUT2D eigenvalue weighted by molar-refractivity contribution is 0.0695. The highest BCUT2D eigenvalue weighted by Gasteiger charge is 2.29. The average molecular weight is 405 g/mol. The van der Waals surface area contributed by atoms with Crippen molar-refractivity contribution >= 4 is 28.8 Å². The second kappa shape index (κ2) is 7.57. The Morgan fingerprint density at radius 3 is 2.66 bits per heavy atom. The Hall–Kier alpha value is -2.77. The number of benzene rings is 1. The van der Waals surface area contributed by atoms with Gasteiger partial charge in [0.05, 0.1) is 16.9 Å². The molecule has 1 fully saturated rings. The zero-order valence-electron chi connectivity index (χ0n) is 17.0. The summed E-state index contributed by atoms with van der Waals surface area (Å²) in [4.78, 5) is 29.9. The van der Waals surface area contributed by atoms with Gasteiger partial charge in [0.25, 0.3) is 0 Å². The van der Waals surface area contributed by atoms with Crippen LogP contribution in [-0.4, -0.2) is 41.0 Å². The van der Waals surface area contributed by atoms with E-state index in [2.05, 4.69) is 4.99 Å². The Labute approximate surface area is 167 Å². The molecule has 1 aromatic heterocycles. The van der Waals surface area contributed by atoms with Gasteiger partial charge in [-0.2, -0.15) is 0 Å². The van der Waals surface area contributed by atoms with Gasteiger partial charge in [0.1, 0.15) is 17.1 Å². The predicted octanol–water partition coefficient (Wildman–Crippen LogP) is 3.69. The Morgan fingerprint density at radius 1 is 1.38 bits per heavy atom. The molecule has 0 radical (unpaired) electrons. The fraction of sp³-hybridized carbons (Fsp3) is 0.476. The molecule has 156 valence electrons. The second-order valence-corrected chi connectivity index (χ2v) is 8.41. The fourth-order valence-corrected chi connectivity index (χ4v) is 3.56. The summed E-state index contributed by atoms with van der Waals surface area (Å²) in [5.41, 5.74) is -1.76. The molecular weight excluding hydrogens is 380 g/mol. The molecule has 0 saturated carbocycles. The van der Waals surface area contributed by atoms with Crippen LogP contribution in [-0.2, 0) is 6.54 Å². The van der Waals surface area contributed by atoms with Crippen LogP contribution in [0.25, 0.3) is 10.9 Å². The Bertz CT molecular complexity index is 1050. The normalized spacial score (nSPS) is 17.6. The van der Waals surface area contributed by atoms with E-state index in [1.165, 1.54) is 4.57 Å². The number of anilines is 1. The van der Waals surface area contributed by atoms with Crippen LogP contribution in [0.2, 0.25) is 0 Å². The van der Waals surface area contributed by atoms with E-state index in [9.17, 15) is 19.1 Å². The van der Waals surface area contributed by atoms with Crippen molar-refractivity contribution < 1.29 is 18.7 Å². The number of carbonyl (C=O) groups is 1. The van der Waals surface area contributed by atoms with Gasteiger partial charge in [-0.3, -0.25) is 9.79 Å². The molecule has 0 bridgehead atoms. The van der Waals surface area contributed by atoms with Crippen LogP contribution in [0.5, 0.6) is 0 Å². The number of carboxylic acid groups (broad SMARTS) is 1. The van der Waals surface area contributed by atoms with Crippen molar-refractivity contribution in [1.29, 1.82) is 0 Å². The maximum atomic E-state index is 15.4. The number of halogens is 2. The largest absolute Gasteiger partial charge is 0.477 e. The zero-order valence-corrected chi connectivity index (χ0v) is 17.0. The molecule has 0 spiro atoms. The van der Waals surface area contributed by atoms with E-state index in [0.29, 0.717) is 19.5 Å². The van der Waals surface area contributed by atoms with E-state index >= 15 is 4.39 Å². The Kier molecular flexibility index (Phi) is 5.47. The molecule has 0 amide bonds. The summed E-state index contributed by atoms with van der Waals surface area (Å²) >= 11 is 0. The molecular formula is C21H25F2N3O3. The molecule has 1 N–H and O–H groups in total. The molecule has 1 saturated heterocycles. The third-order valence-corrected chi connectivity index (χ3v) is 4.95. The molecule has 1 aliphatic heterocycles. The standard InChI is InChI=1S/C21H25F2N3O3/c1-5-25-10-14(20(28)29)19(27)13-8-15(22)18(16(23)17(13)25)26-7-6-12(9-26)24-11-21(2,3)4/h8,10-12H,5-7,9H2,1-4H3,(H,28,29)/b24-11+. The number of rotatable bonds is 4. The monoisotopic (exact) mass is 405 g/mol. The molecule has 1 aliphatic rings. The first-order valence-electron chi connectivity index (χ1n) is 9.61. The lowest BCUT2D eigenvalue weighted by atomic mass is 9.99. The highest BCUT2D eigenvalue weighted by atomic mass is 19.1. The van der Waals surface area contributed by atoms with E-state index in [0.717, 1.165) is 12.3 Å². The van der Waals surface area contributed by atoms with Gasteiger partial charge in [-0.15, -0.1) is 0 Å². The minimum Gasteiger partial charge on any atom is -0.477 e. The SMILES string of the molecule is CCn1cc(C(=O)O)c(=O)c2cc(F)c(N3CCC(/N=C/C(C)(C)C)C3)c(F)c21. The van der Waals surface area contributed by atoms with Gasteiger partial charge in [0.15, 0.2) is 5.82 Å². The molecule has 1 unspecified atom stereocenters. The number of carboxylic acids is 1. The smallest absolute Gasteiger partial charge is 0.341 e. The first-order valence-corrected chi connectivity index (χ1v) is 9.61. The van der Waals surface area contributed by atoms with Crippen LogP contribution in [0, 0.1) is 17.0 Å². The Balaban J connectivity index is 2.09. The maximum absolute atomic E-state index is 15.4. The second-order valence-electron chi connectivity index (χ2n) is 8.41. The fourth-order valence-electron chi connectivity index (χ4n) is 3.56. The van der Waals surface area contributed by atoms with Gasteiger partial charge in [-0.05, 0) is 24.8 Å². The van der Waals surface area contributed by atoms with Crippen molar-refractivity contribution in [2.75, 3.05) is 18.0 Å². The molecule has 29 heavy (non-hydrogen) atoms. The summed E-state index contributed by atoms with van der Waals surface area (Å²) in [7, 11) is 0. The third kappa shape index (κ3) is 4.02. The van der Waals surface area contributed by atoms with E-state index in [1.54, 1.807) is 11.8 Å². The highest BCUT2D eigenvalue weighted by molar-refractivity contribution is 5.93. The Morgan fingerprint density at radius 2 is 2.07 bits per heavy atom. The van der Waals surface area contributed by atoms with E-state index < -0.39 is 28.6 Å². The van der Waals surface area contributed by atoms with Crippen LogP contribution in [0.1, 0.15) is 44.5 Å². The van der Waals surface area contributed by atoms with Gasteiger partial charge in [-0.1, -0.05) is 20.8 Å². The number of pyridine rings is 1. The molecule has 2 heterocycles. The number of aromatic nitrogens is 1. The van der Waals surface area contributed by atoms with Crippen molar-refractivity contribution in [1.82, 2.24) is 4.57 Å². The summed E-state index contributed by atoms with van der Waals surface area (Å²) in [6, 6.07) is 0.881. The zero-order chi connectivity index (χ0) is 21.5. The van der Waals surface area contributed by atoms with Crippen molar-refractivity contribution in [3.8, 4) is 0 Å². The molecule has 6 nitrogen and oxygen atoms in total. The summed E-state index contributed by atoms with van der Waals surface area (Å²) in [5.74, 6) is -3.16. The van der Waals surface area contributed by atoms with Crippen LogP contribution in [0.3, 0.4) is 0 Å². The first kappa shape index (κ1) is 21.0. The molecule has 1 atom stereocenters. The number of hydrogen-bond donors (Lipinski definition) is 1. The number of nitrogens with zero attached hydrogens (tertiary/aromatic N) is 3. The lowest BCUT2D eigenvalue weighted by Crippen LogP contribution is -2.25. The van der Waals surface area contributed by atoms with Crippen molar-refractivity contribution in [2.24, 2.45) is 10.4 Å². The minimum atomic E-state index is -1.43. The predicted molar refractivity (Wildman–Crippen MR) is 109 cm³/mol. The van der Waals surface area contributed by atoms with Gasteiger partial charge < -0.3 is 14.6 Å². The summed E-state index contributed by atoms with van der Waals surface area (Å²) in [5, 5.41) is 8.95. The number of aryl methyl sites for hydroxylation is 1. The molecule has 8 heteroatoms. The van der Waals surface area contributed by atoms with Crippen molar-refractivity contribution in [3.05, 3.63) is 39.7 Å². The molecule has 0 aliphatic carbocycles. The minimum absolute atomic E-state index is 0.0634. The number of hydrogen-bond acceptors (Lipinski definition) is 4. The van der Waals surface area contributed by atoms with Gasteiger partial charge in [0.2, 0.25) is 5.43 Å².